The molecule has 0 spiro atoms. The van der Waals surface area contributed by atoms with E-state index in [1.807, 2.05) is 6.07 Å². The van der Waals surface area contributed by atoms with Gasteiger partial charge in [-0.15, -0.1) is 0 Å². The highest BCUT2D eigenvalue weighted by molar-refractivity contribution is 6.39. The van der Waals surface area contributed by atoms with Crippen molar-refractivity contribution >= 4 is 55.4 Å². The van der Waals surface area contributed by atoms with E-state index in [9.17, 15) is 9.59 Å². The topological polar surface area (TPSA) is 68.1 Å². The molecule has 5 aromatic rings. The number of hydrogen-bond acceptors (Lipinski definition) is 3. The maximum absolute atomic E-state index is 15.1. The minimum absolute atomic E-state index is 0.197. The van der Waals surface area contributed by atoms with E-state index in [-0.39, 0.29) is 17.1 Å². The third-order valence-electron chi connectivity index (χ3n) is 8.46. The van der Waals surface area contributed by atoms with Crippen LogP contribution in [-0.4, -0.2) is 27.5 Å². The molecule has 7 heteroatoms. The van der Waals surface area contributed by atoms with Crippen LogP contribution in [0.1, 0.15) is 52.1 Å². The number of carbonyl (C=O) groups excluding carboxylic acids is 2. The van der Waals surface area contributed by atoms with Crippen LogP contribution in [0.3, 0.4) is 0 Å². The highest BCUT2D eigenvalue weighted by Crippen LogP contribution is 2.49. The number of carbonyl (C=O) groups is 2. The lowest BCUT2D eigenvalue weighted by Gasteiger charge is -2.32. The predicted octanol–water partition coefficient (Wildman–Crippen LogP) is 4.71. The van der Waals surface area contributed by atoms with Crippen molar-refractivity contribution in [2.24, 2.45) is 0 Å². The Balaban J connectivity index is 1.76. The smallest absolute Gasteiger partial charge is 0.259 e. The van der Waals surface area contributed by atoms with Crippen LogP contribution in [0, 0.1) is 5.82 Å². The predicted molar refractivity (Wildman–Crippen MR) is 134 cm³/mol. The molecule has 174 valence electrons. The first-order valence-corrected chi connectivity index (χ1v) is 12.2. The molecule has 35 heavy (non-hydrogen) atoms. The molecule has 5 heterocycles. The van der Waals surface area contributed by atoms with Gasteiger partial charge in [0.1, 0.15) is 5.82 Å². The van der Waals surface area contributed by atoms with Gasteiger partial charge in [0.15, 0.2) is 0 Å². The van der Waals surface area contributed by atoms with Crippen LogP contribution >= 0.6 is 0 Å². The number of benzene rings is 3. The van der Waals surface area contributed by atoms with Gasteiger partial charge in [0.05, 0.1) is 33.2 Å². The van der Waals surface area contributed by atoms with Crippen molar-refractivity contribution in [3.05, 3.63) is 58.4 Å². The summed E-state index contributed by atoms with van der Waals surface area (Å²) in [4.78, 5) is 26.6. The molecule has 0 radical (unpaired) electrons. The van der Waals surface area contributed by atoms with E-state index >= 15 is 4.39 Å². The molecular formula is C28H23FN4O2. The van der Waals surface area contributed by atoms with E-state index in [2.05, 4.69) is 45.7 Å². The molecule has 0 bridgehead atoms. The summed E-state index contributed by atoms with van der Waals surface area (Å²) >= 11 is 0. The number of imide groups is 1. The molecule has 2 N–H and O–H groups in total. The second-order valence-electron chi connectivity index (χ2n) is 10.8. The summed E-state index contributed by atoms with van der Waals surface area (Å²) in [5.74, 6) is -1.08. The molecule has 0 unspecified atom stereocenters. The van der Waals surface area contributed by atoms with Gasteiger partial charge >= 0.3 is 0 Å². The lowest BCUT2D eigenvalue weighted by atomic mass is 9.78. The number of rotatable bonds is 0. The summed E-state index contributed by atoms with van der Waals surface area (Å²) in [5.41, 5.74) is 6.73. The summed E-state index contributed by atoms with van der Waals surface area (Å²) in [6.45, 7) is 7.35. The molecule has 3 aliphatic heterocycles. The third kappa shape index (κ3) is 2.19. The summed E-state index contributed by atoms with van der Waals surface area (Å²) < 4.78 is 19.7. The van der Waals surface area contributed by atoms with E-state index in [4.69, 9.17) is 0 Å². The Bertz CT molecular complexity index is 1860. The van der Waals surface area contributed by atoms with Gasteiger partial charge in [0.2, 0.25) is 0 Å². The van der Waals surface area contributed by atoms with Crippen LogP contribution in [0.5, 0.6) is 0 Å². The van der Waals surface area contributed by atoms with Crippen molar-refractivity contribution in [2.45, 2.75) is 45.3 Å². The quantitative estimate of drug-likeness (QED) is 0.325. The second kappa shape index (κ2) is 6.10. The minimum atomic E-state index is -0.397. The molecule has 3 aliphatic rings. The Hall–Kier alpha value is -3.71. The van der Waals surface area contributed by atoms with E-state index in [1.54, 1.807) is 12.1 Å². The number of hydrogen-bond donors (Lipinski definition) is 2. The zero-order valence-corrected chi connectivity index (χ0v) is 19.5. The average molecular weight is 467 g/mol. The number of aromatic nitrogens is 2. The number of nitrogens with zero attached hydrogens (tertiary/aromatic N) is 2. The molecule has 2 amide bonds. The molecule has 8 rings (SSSR count). The number of fused-ring (bicyclic) bond motifs is 10. The molecule has 0 atom stereocenters. The number of halogens is 1. The Labute approximate surface area is 199 Å². The average Bonchev–Trinajstić information content (AvgIpc) is 3.34. The zero-order valence-electron chi connectivity index (χ0n) is 19.5. The Morgan fingerprint density at radius 3 is 2.37 bits per heavy atom. The van der Waals surface area contributed by atoms with Crippen molar-refractivity contribution in [1.29, 1.82) is 0 Å². The van der Waals surface area contributed by atoms with E-state index in [1.165, 1.54) is 5.56 Å². The first kappa shape index (κ1) is 19.6. The number of amides is 2. The maximum atomic E-state index is 15.1. The van der Waals surface area contributed by atoms with E-state index in [0.29, 0.717) is 16.5 Å². The number of nitrogens with one attached hydrogen (secondary N) is 2. The molecule has 3 aromatic carbocycles. The fourth-order valence-corrected chi connectivity index (χ4v) is 6.92. The standard InChI is InChI=1S/C28H23FN4O2/c1-28(2)6-8-32-23-16(10-14(29)11-17(23)28)19-21-20(26(34)31-27(21)35)18-15-5-3-4-13-12-30-7-9-33(22(13)15)24(18)25(19)32/h3-5,10-11,30H,6-9,12H2,1-2H3,(H,31,34,35). The highest BCUT2D eigenvalue weighted by atomic mass is 19.1. The van der Waals surface area contributed by atoms with Gasteiger partial charge in [-0.2, -0.15) is 0 Å². The van der Waals surface area contributed by atoms with Crippen LogP contribution in [-0.2, 0) is 25.0 Å². The van der Waals surface area contributed by atoms with Crippen molar-refractivity contribution in [3.63, 3.8) is 0 Å². The molecule has 0 aliphatic carbocycles. The zero-order chi connectivity index (χ0) is 23.8. The first-order valence-electron chi connectivity index (χ1n) is 12.2. The largest absolute Gasteiger partial charge is 0.338 e. The van der Waals surface area contributed by atoms with Crippen LogP contribution in [0.4, 0.5) is 4.39 Å². The van der Waals surface area contributed by atoms with E-state index in [0.717, 1.165) is 76.4 Å². The fourth-order valence-electron chi connectivity index (χ4n) is 6.92. The van der Waals surface area contributed by atoms with Gasteiger partial charge in [-0.05, 0) is 35.1 Å². The van der Waals surface area contributed by atoms with Gasteiger partial charge in [0, 0.05) is 47.7 Å². The van der Waals surface area contributed by atoms with Crippen molar-refractivity contribution in [3.8, 4) is 0 Å². The van der Waals surface area contributed by atoms with Gasteiger partial charge in [-0.25, -0.2) is 4.39 Å². The Kier molecular flexibility index (Phi) is 3.41. The van der Waals surface area contributed by atoms with Gasteiger partial charge in [0.25, 0.3) is 11.8 Å². The van der Waals surface area contributed by atoms with Gasteiger partial charge in [-0.1, -0.05) is 32.0 Å². The first-order chi connectivity index (χ1) is 16.9. The van der Waals surface area contributed by atoms with E-state index < -0.39 is 5.91 Å². The van der Waals surface area contributed by atoms with Gasteiger partial charge in [-0.3, -0.25) is 14.9 Å². The molecule has 0 fully saturated rings. The van der Waals surface area contributed by atoms with Crippen LogP contribution in [0.25, 0.3) is 43.6 Å². The third-order valence-corrected chi connectivity index (χ3v) is 8.46. The van der Waals surface area contributed by atoms with Gasteiger partial charge < -0.3 is 14.5 Å². The summed E-state index contributed by atoms with van der Waals surface area (Å²) in [7, 11) is 0. The Morgan fingerprint density at radius 2 is 1.60 bits per heavy atom. The van der Waals surface area contributed by atoms with Crippen molar-refractivity contribution < 1.29 is 14.0 Å². The van der Waals surface area contributed by atoms with Crippen LogP contribution in [0.15, 0.2) is 30.3 Å². The summed E-state index contributed by atoms with van der Waals surface area (Å²) in [6, 6.07) is 9.38. The lowest BCUT2D eigenvalue weighted by Crippen LogP contribution is -2.25. The molecular weight excluding hydrogens is 443 g/mol. The number of aryl methyl sites for hydroxylation is 1. The maximum Gasteiger partial charge on any atom is 0.259 e. The molecule has 0 saturated carbocycles. The Morgan fingerprint density at radius 1 is 0.886 bits per heavy atom. The second-order valence-corrected chi connectivity index (χ2v) is 10.8. The molecule has 6 nitrogen and oxygen atoms in total. The van der Waals surface area contributed by atoms with Crippen molar-refractivity contribution in [2.75, 3.05) is 6.54 Å². The molecule has 0 saturated heterocycles. The highest BCUT2D eigenvalue weighted by Gasteiger charge is 2.39. The number of para-hydroxylation sites is 1. The lowest BCUT2D eigenvalue weighted by molar-refractivity contribution is 0.0880. The minimum Gasteiger partial charge on any atom is -0.338 e. The summed E-state index contributed by atoms with van der Waals surface area (Å²) in [5, 5.41) is 9.30. The molecule has 2 aromatic heterocycles. The monoisotopic (exact) mass is 466 g/mol. The van der Waals surface area contributed by atoms with Crippen LogP contribution < -0.4 is 10.6 Å². The fraction of sp³-hybridized carbons (Fsp3) is 0.286. The SMILES string of the molecule is CC1(C)CCn2c3c1cc(F)cc3c1c3c(c4c5cccc6c5n(c4c12)CCNC6)C(=O)NC3=O. The normalized spacial score (nSPS) is 18.6. The summed E-state index contributed by atoms with van der Waals surface area (Å²) in [6.07, 6.45) is 0.860. The van der Waals surface area contributed by atoms with Crippen molar-refractivity contribution in [1.82, 2.24) is 19.8 Å². The van der Waals surface area contributed by atoms with Crippen LogP contribution in [0.2, 0.25) is 0 Å².